The van der Waals surface area contributed by atoms with E-state index in [9.17, 15) is 0 Å². The van der Waals surface area contributed by atoms with Crippen molar-refractivity contribution in [2.45, 2.75) is 12.5 Å². The Morgan fingerprint density at radius 3 is 2.50 bits per heavy atom. The fourth-order valence-electron chi connectivity index (χ4n) is 3.00. The minimum atomic E-state index is 0.564. The van der Waals surface area contributed by atoms with Crippen LogP contribution in [0.15, 0.2) is 24.3 Å². The first-order valence-electron chi connectivity index (χ1n) is 6.75. The highest BCUT2D eigenvalue weighted by Crippen LogP contribution is 2.36. The SMILES string of the molecule is CNCC1CCN(C)C1c1ccc(N(C)C)cc1. The molecule has 0 amide bonds. The summed E-state index contributed by atoms with van der Waals surface area (Å²) in [6.45, 7) is 2.30. The average molecular weight is 247 g/mol. The Balaban J connectivity index is 2.18. The smallest absolute Gasteiger partial charge is 0.0385 e. The quantitative estimate of drug-likeness (QED) is 0.877. The zero-order valence-electron chi connectivity index (χ0n) is 12.0. The summed E-state index contributed by atoms with van der Waals surface area (Å²) in [6.07, 6.45) is 1.29. The summed E-state index contributed by atoms with van der Waals surface area (Å²) in [5.74, 6) is 0.727. The zero-order valence-corrected chi connectivity index (χ0v) is 12.0. The second-order valence-corrected chi connectivity index (χ2v) is 5.52. The lowest BCUT2D eigenvalue weighted by molar-refractivity contribution is 0.274. The molecule has 2 rings (SSSR count). The van der Waals surface area contributed by atoms with Crippen LogP contribution in [0.1, 0.15) is 18.0 Å². The molecule has 100 valence electrons. The minimum absolute atomic E-state index is 0.564. The molecule has 0 saturated carbocycles. The molecule has 0 aliphatic carbocycles. The van der Waals surface area contributed by atoms with Gasteiger partial charge in [-0.25, -0.2) is 0 Å². The van der Waals surface area contributed by atoms with Gasteiger partial charge >= 0.3 is 0 Å². The molecule has 1 aliphatic heterocycles. The first-order valence-corrected chi connectivity index (χ1v) is 6.75. The fourth-order valence-corrected chi connectivity index (χ4v) is 3.00. The van der Waals surface area contributed by atoms with E-state index in [1.165, 1.54) is 24.2 Å². The van der Waals surface area contributed by atoms with Crippen LogP contribution >= 0.6 is 0 Å². The van der Waals surface area contributed by atoms with E-state index in [1.807, 2.05) is 7.05 Å². The van der Waals surface area contributed by atoms with Gasteiger partial charge in [0.25, 0.3) is 0 Å². The number of likely N-dealkylation sites (tertiary alicyclic amines) is 1. The number of benzene rings is 1. The van der Waals surface area contributed by atoms with Crippen molar-refractivity contribution < 1.29 is 0 Å². The Bertz CT molecular complexity index is 370. The summed E-state index contributed by atoms with van der Waals surface area (Å²) in [4.78, 5) is 4.62. The number of rotatable bonds is 4. The number of hydrogen-bond donors (Lipinski definition) is 1. The normalized spacial score (nSPS) is 24.4. The topological polar surface area (TPSA) is 18.5 Å². The van der Waals surface area contributed by atoms with E-state index in [0.29, 0.717) is 6.04 Å². The van der Waals surface area contributed by atoms with E-state index in [1.54, 1.807) is 0 Å². The van der Waals surface area contributed by atoms with E-state index >= 15 is 0 Å². The van der Waals surface area contributed by atoms with E-state index in [-0.39, 0.29) is 0 Å². The van der Waals surface area contributed by atoms with Crippen LogP contribution in [0.5, 0.6) is 0 Å². The predicted octanol–water partition coefficient (Wildman–Crippen LogP) is 1.96. The Labute approximate surface area is 111 Å². The highest BCUT2D eigenvalue weighted by Gasteiger charge is 2.32. The van der Waals surface area contributed by atoms with E-state index in [4.69, 9.17) is 0 Å². The molecule has 18 heavy (non-hydrogen) atoms. The van der Waals surface area contributed by atoms with Crippen LogP contribution in [0.2, 0.25) is 0 Å². The molecule has 1 heterocycles. The second kappa shape index (κ2) is 5.72. The number of anilines is 1. The standard InChI is InChI=1S/C15H25N3/c1-16-11-13-9-10-18(4)15(13)12-5-7-14(8-6-12)17(2)3/h5-8,13,15-16H,9-11H2,1-4H3. The number of hydrogen-bond acceptors (Lipinski definition) is 3. The summed E-state index contributed by atoms with van der Waals surface area (Å²) in [6, 6.07) is 9.57. The van der Waals surface area contributed by atoms with Gasteiger partial charge in [0.15, 0.2) is 0 Å². The van der Waals surface area contributed by atoms with Gasteiger partial charge in [0.05, 0.1) is 0 Å². The van der Waals surface area contributed by atoms with Crippen molar-refractivity contribution in [1.82, 2.24) is 10.2 Å². The molecule has 0 radical (unpaired) electrons. The lowest BCUT2D eigenvalue weighted by Gasteiger charge is -2.26. The van der Waals surface area contributed by atoms with Gasteiger partial charge in [-0.15, -0.1) is 0 Å². The number of nitrogens with one attached hydrogen (secondary N) is 1. The number of nitrogens with zero attached hydrogens (tertiary/aromatic N) is 2. The monoisotopic (exact) mass is 247 g/mol. The Hall–Kier alpha value is -1.06. The molecule has 2 unspecified atom stereocenters. The first kappa shape index (κ1) is 13.4. The van der Waals surface area contributed by atoms with Crippen molar-refractivity contribution in [3.05, 3.63) is 29.8 Å². The lowest BCUT2D eigenvalue weighted by atomic mass is 9.93. The largest absolute Gasteiger partial charge is 0.378 e. The zero-order chi connectivity index (χ0) is 13.1. The second-order valence-electron chi connectivity index (χ2n) is 5.52. The Morgan fingerprint density at radius 1 is 1.28 bits per heavy atom. The van der Waals surface area contributed by atoms with E-state index in [2.05, 4.69) is 60.5 Å². The lowest BCUT2D eigenvalue weighted by Crippen LogP contribution is -2.26. The van der Waals surface area contributed by atoms with Gasteiger partial charge in [-0.05, 0) is 57.2 Å². The summed E-state index contributed by atoms with van der Waals surface area (Å²) >= 11 is 0. The van der Waals surface area contributed by atoms with Gasteiger partial charge in [0.1, 0.15) is 0 Å². The van der Waals surface area contributed by atoms with Crippen LogP contribution in [-0.4, -0.2) is 46.2 Å². The van der Waals surface area contributed by atoms with Gasteiger partial charge in [0, 0.05) is 25.8 Å². The fraction of sp³-hybridized carbons (Fsp3) is 0.600. The van der Waals surface area contributed by atoms with Crippen molar-refractivity contribution in [2.24, 2.45) is 5.92 Å². The summed E-state index contributed by atoms with van der Waals surface area (Å²) < 4.78 is 0. The van der Waals surface area contributed by atoms with Gasteiger partial charge in [-0.3, -0.25) is 4.90 Å². The van der Waals surface area contributed by atoms with Gasteiger partial charge in [0.2, 0.25) is 0 Å². The highest BCUT2D eigenvalue weighted by molar-refractivity contribution is 5.46. The Kier molecular flexibility index (Phi) is 4.25. The molecule has 1 N–H and O–H groups in total. The Morgan fingerprint density at radius 2 is 1.94 bits per heavy atom. The maximum absolute atomic E-state index is 3.32. The van der Waals surface area contributed by atoms with E-state index in [0.717, 1.165) is 12.5 Å². The van der Waals surface area contributed by atoms with Crippen LogP contribution in [0.4, 0.5) is 5.69 Å². The molecule has 0 aromatic heterocycles. The summed E-state index contributed by atoms with van der Waals surface area (Å²) in [5, 5.41) is 3.32. The molecule has 1 saturated heterocycles. The van der Waals surface area contributed by atoms with Crippen molar-refractivity contribution in [1.29, 1.82) is 0 Å². The molecule has 1 aromatic carbocycles. The molecule has 0 bridgehead atoms. The van der Waals surface area contributed by atoms with Gasteiger partial charge < -0.3 is 10.2 Å². The van der Waals surface area contributed by atoms with Crippen molar-refractivity contribution in [3.63, 3.8) is 0 Å². The maximum Gasteiger partial charge on any atom is 0.0385 e. The molecule has 0 spiro atoms. The molecular formula is C15H25N3. The first-order chi connectivity index (χ1) is 8.63. The highest BCUT2D eigenvalue weighted by atomic mass is 15.2. The molecular weight excluding hydrogens is 222 g/mol. The molecule has 1 fully saturated rings. The van der Waals surface area contributed by atoms with Crippen LogP contribution in [0.25, 0.3) is 0 Å². The third-order valence-electron chi connectivity index (χ3n) is 3.99. The van der Waals surface area contributed by atoms with Crippen LogP contribution < -0.4 is 10.2 Å². The van der Waals surface area contributed by atoms with Crippen molar-refractivity contribution in [3.8, 4) is 0 Å². The predicted molar refractivity (Wildman–Crippen MR) is 78.2 cm³/mol. The van der Waals surface area contributed by atoms with Crippen LogP contribution in [0.3, 0.4) is 0 Å². The van der Waals surface area contributed by atoms with E-state index < -0.39 is 0 Å². The molecule has 2 atom stereocenters. The molecule has 3 nitrogen and oxygen atoms in total. The molecule has 1 aromatic rings. The van der Waals surface area contributed by atoms with Crippen molar-refractivity contribution in [2.75, 3.05) is 46.2 Å². The summed E-state index contributed by atoms with van der Waals surface area (Å²) in [5.41, 5.74) is 2.71. The van der Waals surface area contributed by atoms with Crippen molar-refractivity contribution >= 4 is 5.69 Å². The summed E-state index contributed by atoms with van der Waals surface area (Å²) in [7, 11) is 8.45. The molecule has 3 heteroatoms. The minimum Gasteiger partial charge on any atom is -0.378 e. The van der Waals surface area contributed by atoms with Crippen LogP contribution in [0, 0.1) is 5.92 Å². The van der Waals surface area contributed by atoms with Gasteiger partial charge in [-0.2, -0.15) is 0 Å². The maximum atomic E-state index is 3.32. The molecule has 1 aliphatic rings. The third kappa shape index (κ3) is 2.68. The average Bonchev–Trinajstić information content (AvgIpc) is 2.71. The van der Waals surface area contributed by atoms with Crippen LogP contribution in [-0.2, 0) is 0 Å². The van der Waals surface area contributed by atoms with Gasteiger partial charge in [-0.1, -0.05) is 12.1 Å². The third-order valence-corrected chi connectivity index (χ3v) is 3.99.